The number of hydrogen-bond donors (Lipinski definition) is 1. The predicted octanol–water partition coefficient (Wildman–Crippen LogP) is 3.89. The zero-order valence-corrected chi connectivity index (χ0v) is 15.5. The SMILES string of the molecule is Cc1nc(C(=O)Nc2ccc(C)c(C)c2)cc(N2CCCC(C)C2)n1. The van der Waals surface area contributed by atoms with Crippen LogP contribution in [0.5, 0.6) is 0 Å². The standard InChI is InChI=1S/C20H26N4O/c1-13-6-5-9-24(12-13)19-11-18(21-16(4)22-19)20(25)23-17-8-7-14(2)15(3)10-17/h7-8,10-11,13H,5-6,9,12H2,1-4H3,(H,23,25). The summed E-state index contributed by atoms with van der Waals surface area (Å²) in [5, 5.41) is 2.94. The van der Waals surface area contributed by atoms with Gasteiger partial charge in [0.15, 0.2) is 0 Å². The molecule has 0 radical (unpaired) electrons. The minimum absolute atomic E-state index is 0.194. The van der Waals surface area contributed by atoms with Crippen molar-refractivity contribution in [2.45, 2.75) is 40.5 Å². The molecule has 1 aliphatic heterocycles. The van der Waals surface area contributed by atoms with Gasteiger partial charge in [-0.3, -0.25) is 4.79 Å². The maximum atomic E-state index is 12.6. The van der Waals surface area contributed by atoms with E-state index in [2.05, 4.69) is 34.0 Å². The molecule has 2 heterocycles. The summed E-state index contributed by atoms with van der Waals surface area (Å²) in [4.78, 5) is 23.8. The van der Waals surface area contributed by atoms with Crippen molar-refractivity contribution in [3.05, 3.63) is 46.9 Å². The molecule has 0 bridgehead atoms. The number of aromatic nitrogens is 2. The van der Waals surface area contributed by atoms with E-state index in [9.17, 15) is 4.79 Å². The summed E-state index contributed by atoms with van der Waals surface area (Å²) < 4.78 is 0. The number of anilines is 2. The molecule has 3 rings (SSSR count). The van der Waals surface area contributed by atoms with Crippen LogP contribution in [-0.4, -0.2) is 29.0 Å². The fourth-order valence-corrected chi connectivity index (χ4v) is 3.24. The van der Waals surface area contributed by atoms with Crippen molar-refractivity contribution in [2.75, 3.05) is 23.3 Å². The van der Waals surface area contributed by atoms with Crippen molar-refractivity contribution >= 4 is 17.4 Å². The van der Waals surface area contributed by atoms with Crippen molar-refractivity contribution in [1.82, 2.24) is 9.97 Å². The molecule has 132 valence electrons. The highest BCUT2D eigenvalue weighted by Crippen LogP contribution is 2.22. The highest BCUT2D eigenvalue weighted by molar-refractivity contribution is 6.03. The van der Waals surface area contributed by atoms with Gasteiger partial charge in [-0.2, -0.15) is 0 Å². The Labute approximate surface area is 149 Å². The first-order valence-electron chi connectivity index (χ1n) is 8.91. The van der Waals surface area contributed by atoms with Gasteiger partial charge in [-0.05, 0) is 62.8 Å². The van der Waals surface area contributed by atoms with Gasteiger partial charge in [-0.1, -0.05) is 13.0 Å². The number of nitrogens with zero attached hydrogens (tertiary/aromatic N) is 3. The third-order valence-electron chi connectivity index (χ3n) is 4.80. The van der Waals surface area contributed by atoms with Crippen LogP contribution in [0.25, 0.3) is 0 Å². The Kier molecular flexibility index (Phi) is 5.02. The lowest BCUT2D eigenvalue weighted by atomic mass is 10.0. The van der Waals surface area contributed by atoms with E-state index in [1.54, 1.807) is 6.07 Å². The van der Waals surface area contributed by atoms with Crippen LogP contribution in [-0.2, 0) is 0 Å². The Balaban J connectivity index is 1.81. The topological polar surface area (TPSA) is 58.1 Å². The van der Waals surface area contributed by atoms with E-state index >= 15 is 0 Å². The van der Waals surface area contributed by atoms with Crippen molar-refractivity contribution in [1.29, 1.82) is 0 Å². The van der Waals surface area contributed by atoms with E-state index < -0.39 is 0 Å². The molecule has 1 N–H and O–H groups in total. The summed E-state index contributed by atoms with van der Waals surface area (Å²) in [6.45, 7) is 10.2. The Bertz CT molecular complexity index is 787. The molecular weight excluding hydrogens is 312 g/mol. The van der Waals surface area contributed by atoms with Gasteiger partial charge in [-0.15, -0.1) is 0 Å². The Hall–Kier alpha value is -2.43. The molecule has 0 aliphatic carbocycles. The van der Waals surface area contributed by atoms with Gasteiger partial charge in [0.05, 0.1) is 0 Å². The summed E-state index contributed by atoms with van der Waals surface area (Å²) in [6.07, 6.45) is 2.41. The molecule has 0 spiro atoms. The second-order valence-electron chi connectivity index (χ2n) is 7.11. The quantitative estimate of drug-likeness (QED) is 0.922. The molecule has 5 nitrogen and oxygen atoms in total. The fourth-order valence-electron chi connectivity index (χ4n) is 3.24. The van der Waals surface area contributed by atoms with Crippen LogP contribution in [0.4, 0.5) is 11.5 Å². The molecule has 1 fully saturated rings. The Morgan fingerprint density at radius 1 is 1.16 bits per heavy atom. The first kappa shape index (κ1) is 17.4. The zero-order chi connectivity index (χ0) is 18.0. The number of nitrogens with one attached hydrogen (secondary N) is 1. The summed E-state index contributed by atoms with van der Waals surface area (Å²) in [6, 6.07) is 7.72. The molecule has 1 amide bonds. The number of rotatable bonds is 3. The first-order chi connectivity index (χ1) is 11.9. The highest BCUT2D eigenvalue weighted by Gasteiger charge is 2.20. The predicted molar refractivity (Wildman–Crippen MR) is 101 cm³/mol. The lowest BCUT2D eigenvalue weighted by molar-refractivity contribution is 0.102. The fraction of sp³-hybridized carbons (Fsp3) is 0.450. The lowest BCUT2D eigenvalue weighted by Crippen LogP contribution is -2.35. The number of hydrogen-bond acceptors (Lipinski definition) is 4. The second-order valence-corrected chi connectivity index (χ2v) is 7.11. The van der Waals surface area contributed by atoms with E-state index in [-0.39, 0.29) is 5.91 Å². The maximum absolute atomic E-state index is 12.6. The Morgan fingerprint density at radius 3 is 2.68 bits per heavy atom. The molecule has 1 saturated heterocycles. The number of piperidine rings is 1. The van der Waals surface area contributed by atoms with E-state index in [1.807, 2.05) is 32.0 Å². The molecule has 1 aromatic carbocycles. The molecular formula is C20H26N4O. The van der Waals surface area contributed by atoms with Crippen LogP contribution in [0.2, 0.25) is 0 Å². The molecule has 5 heteroatoms. The molecule has 2 aromatic rings. The largest absolute Gasteiger partial charge is 0.356 e. The summed E-state index contributed by atoms with van der Waals surface area (Å²) in [7, 11) is 0. The molecule has 0 saturated carbocycles. The van der Waals surface area contributed by atoms with E-state index in [1.165, 1.54) is 12.0 Å². The van der Waals surface area contributed by atoms with Gasteiger partial charge >= 0.3 is 0 Å². The minimum Gasteiger partial charge on any atom is -0.356 e. The van der Waals surface area contributed by atoms with Crippen molar-refractivity contribution < 1.29 is 4.79 Å². The smallest absolute Gasteiger partial charge is 0.274 e. The Morgan fingerprint density at radius 2 is 1.96 bits per heavy atom. The van der Waals surface area contributed by atoms with Crippen LogP contribution in [0.3, 0.4) is 0 Å². The maximum Gasteiger partial charge on any atom is 0.274 e. The monoisotopic (exact) mass is 338 g/mol. The van der Waals surface area contributed by atoms with Gasteiger partial charge in [0.2, 0.25) is 0 Å². The molecule has 1 aromatic heterocycles. The van der Waals surface area contributed by atoms with Crippen molar-refractivity contribution in [3.8, 4) is 0 Å². The van der Waals surface area contributed by atoms with Crippen molar-refractivity contribution in [3.63, 3.8) is 0 Å². The number of amides is 1. The van der Waals surface area contributed by atoms with Gasteiger partial charge in [-0.25, -0.2) is 9.97 Å². The third kappa shape index (κ3) is 4.16. The number of aryl methyl sites for hydroxylation is 3. The second kappa shape index (κ2) is 7.21. The van der Waals surface area contributed by atoms with E-state index in [0.29, 0.717) is 17.4 Å². The summed E-state index contributed by atoms with van der Waals surface area (Å²) >= 11 is 0. The van der Waals surface area contributed by atoms with Gasteiger partial charge < -0.3 is 10.2 Å². The number of benzene rings is 1. The zero-order valence-electron chi connectivity index (χ0n) is 15.5. The van der Waals surface area contributed by atoms with E-state index in [4.69, 9.17) is 0 Å². The first-order valence-corrected chi connectivity index (χ1v) is 8.91. The lowest BCUT2D eigenvalue weighted by Gasteiger charge is -2.32. The molecule has 1 aliphatic rings. The molecule has 25 heavy (non-hydrogen) atoms. The minimum atomic E-state index is -0.194. The van der Waals surface area contributed by atoms with Crippen molar-refractivity contribution in [2.24, 2.45) is 5.92 Å². The number of carbonyl (C=O) groups is 1. The molecule has 1 atom stereocenters. The third-order valence-corrected chi connectivity index (χ3v) is 4.80. The van der Waals surface area contributed by atoms with Gasteiger partial charge in [0.1, 0.15) is 17.3 Å². The normalized spacial score (nSPS) is 17.4. The van der Waals surface area contributed by atoms with Crippen LogP contribution in [0.15, 0.2) is 24.3 Å². The van der Waals surface area contributed by atoms with E-state index in [0.717, 1.165) is 36.6 Å². The average molecular weight is 338 g/mol. The van der Waals surface area contributed by atoms with Gasteiger partial charge in [0, 0.05) is 24.8 Å². The number of carbonyl (C=O) groups excluding carboxylic acids is 1. The summed E-state index contributed by atoms with van der Waals surface area (Å²) in [5.74, 6) is 1.93. The highest BCUT2D eigenvalue weighted by atomic mass is 16.1. The van der Waals surface area contributed by atoms with Crippen LogP contribution < -0.4 is 10.2 Å². The van der Waals surface area contributed by atoms with Crippen LogP contribution in [0, 0.1) is 26.7 Å². The van der Waals surface area contributed by atoms with Crippen LogP contribution >= 0.6 is 0 Å². The summed E-state index contributed by atoms with van der Waals surface area (Å²) in [5.41, 5.74) is 3.56. The van der Waals surface area contributed by atoms with Gasteiger partial charge in [0.25, 0.3) is 5.91 Å². The average Bonchev–Trinajstić information content (AvgIpc) is 2.57. The van der Waals surface area contributed by atoms with Crippen LogP contribution in [0.1, 0.15) is 47.2 Å². The molecule has 1 unspecified atom stereocenters.